The summed E-state index contributed by atoms with van der Waals surface area (Å²) in [6.07, 6.45) is 9.91. The summed E-state index contributed by atoms with van der Waals surface area (Å²) >= 11 is 0. The third-order valence-electron chi connectivity index (χ3n) is 7.77. The molecule has 0 aromatic carbocycles. The van der Waals surface area contributed by atoms with Gasteiger partial charge in [-0.15, -0.1) is 0 Å². The molecule has 0 aliphatic heterocycles. The van der Waals surface area contributed by atoms with Crippen LogP contribution in [0.15, 0.2) is 23.3 Å². The molecule has 6 unspecified atom stereocenters. The number of hydrogen-bond donors (Lipinski definition) is 0. The van der Waals surface area contributed by atoms with Crippen molar-refractivity contribution in [1.29, 1.82) is 0 Å². The zero-order valence-electron chi connectivity index (χ0n) is 18.2. The van der Waals surface area contributed by atoms with Crippen LogP contribution in [0.3, 0.4) is 0 Å². The van der Waals surface area contributed by atoms with Crippen LogP contribution in [0.2, 0.25) is 0 Å². The van der Waals surface area contributed by atoms with Crippen LogP contribution in [-0.2, 0) is 0 Å². The molecule has 2 aliphatic rings. The number of rotatable bonds is 8. The van der Waals surface area contributed by atoms with Gasteiger partial charge in [0.25, 0.3) is 0 Å². The van der Waals surface area contributed by atoms with Gasteiger partial charge in [-0.2, -0.15) is 0 Å². The lowest BCUT2D eigenvalue weighted by molar-refractivity contribution is 0.157. The molecule has 2 rings (SSSR count). The average Bonchev–Trinajstić information content (AvgIpc) is 3.23. The summed E-state index contributed by atoms with van der Waals surface area (Å²) in [6.45, 7) is 21.1. The van der Waals surface area contributed by atoms with E-state index in [1.165, 1.54) is 50.5 Å². The Balaban J connectivity index is 2.01. The first-order valence-corrected chi connectivity index (χ1v) is 11.0. The molecule has 0 amide bonds. The Bertz CT molecular complexity index is 476. The minimum atomic E-state index is 0.779. The van der Waals surface area contributed by atoms with Crippen LogP contribution in [0, 0.1) is 41.4 Å². The first-order valence-electron chi connectivity index (χ1n) is 11.0. The van der Waals surface area contributed by atoms with Crippen LogP contribution < -0.4 is 0 Å². The van der Waals surface area contributed by atoms with Crippen molar-refractivity contribution in [3.63, 3.8) is 0 Å². The Morgan fingerprint density at radius 1 is 1.04 bits per heavy atom. The first kappa shape index (κ1) is 20.8. The highest BCUT2D eigenvalue weighted by Gasteiger charge is 2.33. The number of hydrogen-bond acceptors (Lipinski definition) is 0. The highest BCUT2D eigenvalue weighted by molar-refractivity contribution is 5.21. The van der Waals surface area contributed by atoms with Crippen LogP contribution in [0.5, 0.6) is 0 Å². The van der Waals surface area contributed by atoms with Gasteiger partial charge >= 0.3 is 0 Å². The molecule has 0 nitrogen and oxygen atoms in total. The van der Waals surface area contributed by atoms with Crippen molar-refractivity contribution in [3.05, 3.63) is 23.3 Å². The monoisotopic (exact) mass is 344 g/mol. The van der Waals surface area contributed by atoms with E-state index in [0.29, 0.717) is 0 Å². The second-order valence-electron chi connectivity index (χ2n) is 10.3. The van der Waals surface area contributed by atoms with Gasteiger partial charge in [0, 0.05) is 0 Å². The Morgan fingerprint density at radius 2 is 1.68 bits per heavy atom. The zero-order chi connectivity index (χ0) is 18.7. The van der Waals surface area contributed by atoms with Gasteiger partial charge in [-0.3, -0.25) is 0 Å². The second kappa shape index (κ2) is 8.92. The molecule has 25 heavy (non-hydrogen) atoms. The molecule has 0 saturated heterocycles. The van der Waals surface area contributed by atoms with Crippen molar-refractivity contribution < 1.29 is 0 Å². The van der Waals surface area contributed by atoms with E-state index in [-0.39, 0.29) is 0 Å². The van der Waals surface area contributed by atoms with Crippen molar-refractivity contribution in [2.24, 2.45) is 41.4 Å². The number of allylic oxidation sites excluding steroid dienone is 3. The maximum atomic E-state index is 4.21. The third-order valence-corrected chi connectivity index (χ3v) is 7.77. The smallest absolute Gasteiger partial charge is 0.0163 e. The second-order valence-corrected chi connectivity index (χ2v) is 10.3. The summed E-state index contributed by atoms with van der Waals surface area (Å²) < 4.78 is 0. The van der Waals surface area contributed by atoms with Crippen molar-refractivity contribution in [1.82, 2.24) is 0 Å². The molecule has 0 aromatic rings. The molecule has 0 radical (unpaired) electrons. The molecule has 0 spiro atoms. The molecule has 6 atom stereocenters. The molecule has 2 fully saturated rings. The van der Waals surface area contributed by atoms with Crippen LogP contribution >= 0.6 is 0 Å². The molecular weight excluding hydrogens is 300 g/mol. The van der Waals surface area contributed by atoms with Gasteiger partial charge in [0.05, 0.1) is 0 Å². The van der Waals surface area contributed by atoms with Gasteiger partial charge in [-0.25, -0.2) is 0 Å². The van der Waals surface area contributed by atoms with Gasteiger partial charge < -0.3 is 0 Å². The molecule has 0 bridgehead atoms. The summed E-state index contributed by atoms with van der Waals surface area (Å²) in [4.78, 5) is 0. The van der Waals surface area contributed by atoms with Gasteiger partial charge in [0.1, 0.15) is 0 Å². The molecular formula is C25H44. The summed E-state index contributed by atoms with van der Waals surface area (Å²) in [5, 5.41) is 0. The van der Waals surface area contributed by atoms with E-state index in [9.17, 15) is 0 Å². The van der Waals surface area contributed by atoms with E-state index in [1.807, 2.05) is 0 Å². The third kappa shape index (κ3) is 6.00. The lowest BCUT2D eigenvalue weighted by atomic mass is 9.69. The molecule has 0 aromatic heterocycles. The lowest BCUT2D eigenvalue weighted by Gasteiger charge is -2.36. The largest absolute Gasteiger partial charge is 0.0995 e. The minimum absolute atomic E-state index is 0.779. The van der Waals surface area contributed by atoms with Crippen LogP contribution in [0.25, 0.3) is 0 Å². The Kier molecular flexibility index (Phi) is 7.41. The topological polar surface area (TPSA) is 0 Å². The van der Waals surface area contributed by atoms with Gasteiger partial charge in [0.2, 0.25) is 0 Å². The van der Waals surface area contributed by atoms with Crippen molar-refractivity contribution >= 4 is 0 Å². The fourth-order valence-electron chi connectivity index (χ4n) is 5.02. The normalized spacial score (nSPS) is 31.8. The standard InChI is InChI=1S/C25H44/c1-16(2)21(8)25(15-24-12-20(24)7)14-23(17(3)4)13-22-10-9-18(5)19(6)11-22/h17-19,22-25H,7,9-15H2,1-6,8H3. The minimum Gasteiger partial charge on any atom is -0.0995 e. The fourth-order valence-corrected chi connectivity index (χ4v) is 5.02. The molecule has 2 aliphatic carbocycles. The summed E-state index contributed by atoms with van der Waals surface area (Å²) in [5.74, 6) is 6.14. The van der Waals surface area contributed by atoms with E-state index in [1.54, 1.807) is 11.1 Å². The van der Waals surface area contributed by atoms with E-state index in [4.69, 9.17) is 0 Å². The van der Waals surface area contributed by atoms with Crippen molar-refractivity contribution in [2.75, 3.05) is 0 Å². The van der Waals surface area contributed by atoms with E-state index >= 15 is 0 Å². The maximum absolute atomic E-state index is 4.21. The fraction of sp³-hybridized carbons (Fsp3) is 0.840. The van der Waals surface area contributed by atoms with Crippen LogP contribution in [-0.4, -0.2) is 0 Å². The van der Waals surface area contributed by atoms with Crippen molar-refractivity contribution in [3.8, 4) is 0 Å². The summed E-state index contributed by atoms with van der Waals surface area (Å²) in [7, 11) is 0. The maximum Gasteiger partial charge on any atom is -0.0163 e. The molecule has 144 valence electrons. The van der Waals surface area contributed by atoms with Gasteiger partial charge in [-0.05, 0) is 94.3 Å². The van der Waals surface area contributed by atoms with Crippen molar-refractivity contribution in [2.45, 2.75) is 93.4 Å². The Labute approximate surface area is 158 Å². The van der Waals surface area contributed by atoms with Crippen LogP contribution in [0.4, 0.5) is 0 Å². The van der Waals surface area contributed by atoms with E-state index in [2.05, 4.69) is 55.0 Å². The first-order chi connectivity index (χ1) is 11.7. The van der Waals surface area contributed by atoms with Gasteiger partial charge in [0.15, 0.2) is 0 Å². The predicted octanol–water partition coefficient (Wildman–Crippen LogP) is 8.05. The molecule has 2 saturated carbocycles. The van der Waals surface area contributed by atoms with E-state index < -0.39 is 0 Å². The lowest BCUT2D eigenvalue weighted by Crippen LogP contribution is -2.25. The highest BCUT2D eigenvalue weighted by atomic mass is 14.4. The Hall–Kier alpha value is -0.520. The quantitative estimate of drug-likeness (QED) is 0.391. The predicted molar refractivity (Wildman–Crippen MR) is 113 cm³/mol. The molecule has 0 N–H and O–H groups in total. The summed E-state index contributed by atoms with van der Waals surface area (Å²) in [6, 6.07) is 0. The highest BCUT2D eigenvalue weighted by Crippen LogP contribution is 2.46. The molecule has 0 heteroatoms. The van der Waals surface area contributed by atoms with E-state index in [0.717, 1.165) is 41.4 Å². The average molecular weight is 345 g/mol. The molecule has 0 heterocycles. The van der Waals surface area contributed by atoms with Crippen LogP contribution in [0.1, 0.15) is 93.4 Å². The summed E-state index contributed by atoms with van der Waals surface area (Å²) in [5.41, 5.74) is 4.71. The van der Waals surface area contributed by atoms with Gasteiger partial charge in [-0.1, -0.05) is 63.8 Å². The zero-order valence-corrected chi connectivity index (χ0v) is 18.2. The SMILES string of the molecule is C=C1CC1CC(CC(CC1CCC(C)C(C)C1)C(C)C)C(C)=C(C)C. The Morgan fingerprint density at radius 3 is 2.16 bits per heavy atom.